The molecule has 5 rings (SSSR count). The molecule has 0 aliphatic rings. The predicted molar refractivity (Wildman–Crippen MR) is 144 cm³/mol. The van der Waals surface area contributed by atoms with E-state index in [0.717, 1.165) is 10.8 Å². The summed E-state index contributed by atoms with van der Waals surface area (Å²) in [4.78, 5) is 24.6. The lowest BCUT2D eigenvalue weighted by atomic mass is 10.0. The van der Waals surface area contributed by atoms with Gasteiger partial charge in [0.2, 0.25) is 15.9 Å². The van der Waals surface area contributed by atoms with Crippen LogP contribution in [0.2, 0.25) is 0 Å². The number of primary sulfonamides is 1. The molecule has 38 heavy (non-hydrogen) atoms. The molecule has 5 aromatic rings. The van der Waals surface area contributed by atoms with Crippen LogP contribution in [-0.2, 0) is 21.2 Å². The van der Waals surface area contributed by atoms with Crippen molar-refractivity contribution >= 4 is 49.2 Å². The molecule has 5 N–H and O–H groups in total. The van der Waals surface area contributed by atoms with Gasteiger partial charge in [0.25, 0.3) is 5.91 Å². The quantitative estimate of drug-likeness (QED) is 0.294. The van der Waals surface area contributed by atoms with Gasteiger partial charge in [0.05, 0.1) is 35.3 Å². The van der Waals surface area contributed by atoms with Crippen LogP contribution in [0.1, 0.15) is 16.1 Å². The Morgan fingerprint density at radius 3 is 2.39 bits per heavy atom. The number of primary amides is 1. The van der Waals surface area contributed by atoms with E-state index in [1.165, 1.54) is 19.2 Å². The number of nitrogens with zero attached hydrogens (tertiary/aromatic N) is 2. The first kappa shape index (κ1) is 24.9. The second-order valence-electron chi connectivity index (χ2n) is 8.62. The van der Waals surface area contributed by atoms with Crippen molar-refractivity contribution in [2.45, 2.75) is 11.3 Å². The van der Waals surface area contributed by atoms with Crippen LogP contribution in [0.15, 0.2) is 83.8 Å². The molecule has 10 nitrogen and oxygen atoms in total. The van der Waals surface area contributed by atoms with E-state index >= 15 is 0 Å². The van der Waals surface area contributed by atoms with E-state index in [4.69, 9.17) is 15.6 Å². The van der Waals surface area contributed by atoms with Crippen molar-refractivity contribution in [3.63, 3.8) is 0 Å². The van der Waals surface area contributed by atoms with Crippen molar-refractivity contribution < 1.29 is 22.7 Å². The predicted octanol–water partition coefficient (Wildman–Crippen LogP) is 3.11. The third-order valence-corrected chi connectivity index (χ3v) is 7.01. The Balaban J connectivity index is 1.65. The smallest absolute Gasteiger partial charge is 0.255 e. The molecule has 0 spiro atoms. The number of anilines is 1. The molecule has 0 aliphatic carbocycles. The number of ether oxygens (including phenoxy) is 1. The van der Waals surface area contributed by atoms with Crippen molar-refractivity contribution in [3.8, 4) is 11.4 Å². The Morgan fingerprint density at radius 1 is 0.974 bits per heavy atom. The summed E-state index contributed by atoms with van der Waals surface area (Å²) in [6, 6.07) is 22.0. The summed E-state index contributed by atoms with van der Waals surface area (Å²) in [5.74, 6) is -0.283. The SMILES string of the molecule is COc1cccc(C(=O)Nc2ccc3ccc4c(CC(N)=O)nn(-c5ccc(S(N)(=O)=O)cc5)c4c3c2)c1. The van der Waals surface area contributed by atoms with Gasteiger partial charge in [0.1, 0.15) is 5.75 Å². The van der Waals surface area contributed by atoms with Gasteiger partial charge in [-0.2, -0.15) is 5.10 Å². The van der Waals surface area contributed by atoms with E-state index in [2.05, 4.69) is 10.4 Å². The molecule has 0 unspecified atom stereocenters. The van der Waals surface area contributed by atoms with E-state index in [9.17, 15) is 18.0 Å². The molecule has 0 bridgehead atoms. The topological polar surface area (TPSA) is 159 Å². The van der Waals surface area contributed by atoms with Gasteiger partial charge in [-0.25, -0.2) is 18.2 Å². The molecule has 0 fully saturated rings. The molecule has 4 aromatic carbocycles. The molecule has 1 heterocycles. The summed E-state index contributed by atoms with van der Waals surface area (Å²) in [6.07, 6.45) is -0.0868. The summed E-state index contributed by atoms with van der Waals surface area (Å²) in [7, 11) is -2.34. The number of carbonyl (C=O) groups is 2. The van der Waals surface area contributed by atoms with Crippen LogP contribution in [0.25, 0.3) is 27.4 Å². The lowest BCUT2D eigenvalue weighted by Crippen LogP contribution is -2.14. The number of methoxy groups -OCH3 is 1. The zero-order chi connectivity index (χ0) is 27.0. The molecule has 0 aliphatic heterocycles. The van der Waals surface area contributed by atoms with Crippen LogP contribution in [0, 0.1) is 0 Å². The number of hydrogen-bond donors (Lipinski definition) is 3. The van der Waals surface area contributed by atoms with Crippen molar-refractivity contribution in [3.05, 3.63) is 90.1 Å². The van der Waals surface area contributed by atoms with Crippen LogP contribution in [-0.4, -0.2) is 37.1 Å². The normalized spacial score (nSPS) is 11.5. The van der Waals surface area contributed by atoms with Crippen molar-refractivity contribution in [1.82, 2.24) is 9.78 Å². The third-order valence-electron chi connectivity index (χ3n) is 6.08. The number of benzene rings is 4. The van der Waals surface area contributed by atoms with Crippen LogP contribution in [0.4, 0.5) is 5.69 Å². The highest BCUT2D eigenvalue weighted by atomic mass is 32.2. The molecule has 0 radical (unpaired) electrons. The highest BCUT2D eigenvalue weighted by Gasteiger charge is 2.18. The van der Waals surface area contributed by atoms with Gasteiger partial charge in [-0.15, -0.1) is 0 Å². The zero-order valence-electron chi connectivity index (χ0n) is 20.2. The summed E-state index contributed by atoms with van der Waals surface area (Å²) < 4.78 is 30.3. The van der Waals surface area contributed by atoms with Gasteiger partial charge in [0.15, 0.2) is 0 Å². The first-order valence-electron chi connectivity index (χ1n) is 11.5. The van der Waals surface area contributed by atoms with Crippen molar-refractivity contribution in [2.75, 3.05) is 12.4 Å². The average Bonchev–Trinajstić information content (AvgIpc) is 3.26. The number of sulfonamides is 1. The minimum Gasteiger partial charge on any atom is -0.497 e. The Morgan fingerprint density at radius 2 is 1.71 bits per heavy atom. The summed E-state index contributed by atoms with van der Waals surface area (Å²) in [5.41, 5.74) is 8.14. The molecule has 2 amide bonds. The monoisotopic (exact) mass is 529 g/mol. The van der Waals surface area contributed by atoms with E-state index in [1.807, 2.05) is 24.3 Å². The minimum absolute atomic E-state index is 0.0394. The molecular weight excluding hydrogens is 506 g/mol. The number of hydrogen-bond acceptors (Lipinski definition) is 6. The van der Waals surface area contributed by atoms with Gasteiger partial charge in [0, 0.05) is 22.0 Å². The van der Waals surface area contributed by atoms with Crippen LogP contribution < -0.4 is 20.9 Å². The zero-order valence-corrected chi connectivity index (χ0v) is 21.0. The van der Waals surface area contributed by atoms with E-state index < -0.39 is 15.9 Å². The maximum absolute atomic E-state index is 12.9. The van der Waals surface area contributed by atoms with E-state index in [1.54, 1.807) is 47.1 Å². The second kappa shape index (κ2) is 9.61. The third kappa shape index (κ3) is 4.80. The highest BCUT2D eigenvalue weighted by molar-refractivity contribution is 7.89. The number of nitrogens with one attached hydrogen (secondary N) is 1. The van der Waals surface area contributed by atoms with Gasteiger partial charge in [-0.3, -0.25) is 9.59 Å². The molecule has 0 atom stereocenters. The van der Waals surface area contributed by atoms with Gasteiger partial charge < -0.3 is 15.8 Å². The lowest BCUT2D eigenvalue weighted by Gasteiger charge is -2.10. The van der Waals surface area contributed by atoms with Gasteiger partial charge in [-0.05, 0) is 60.0 Å². The standard InChI is InChI=1S/C27H23N5O5S/c1-37-20-4-2-3-17(13-20)27(34)30-18-7-5-16-6-12-22-24(15-25(28)33)31-32(26(22)23(16)14-18)19-8-10-21(11-9-19)38(29,35)36/h2-14H,15H2,1H3,(H2,28,33)(H,30,34)(H2,29,35,36). The fourth-order valence-corrected chi connectivity index (χ4v) is 4.81. The molecule has 0 saturated carbocycles. The first-order valence-corrected chi connectivity index (χ1v) is 13.0. The largest absolute Gasteiger partial charge is 0.497 e. The maximum Gasteiger partial charge on any atom is 0.255 e. The number of nitrogens with two attached hydrogens (primary N) is 2. The van der Waals surface area contributed by atoms with Gasteiger partial charge in [-0.1, -0.05) is 24.3 Å². The summed E-state index contributed by atoms with van der Waals surface area (Å²) in [6.45, 7) is 0. The first-order chi connectivity index (χ1) is 18.1. The second-order valence-corrected chi connectivity index (χ2v) is 10.2. The van der Waals surface area contributed by atoms with Crippen LogP contribution in [0.5, 0.6) is 5.75 Å². The highest BCUT2D eigenvalue weighted by Crippen LogP contribution is 2.32. The Labute approximate surface area is 217 Å². The molecule has 1 aromatic heterocycles. The fraction of sp³-hybridized carbons (Fsp3) is 0.0741. The minimum atomic E-state index is -3.87. The molecule has 192 valence electrons. The summed E-state index contributed by atoms with van der Waals surface area (Å²) in [5, 5.41) is 15.1. The number of fused-ring (bicyclic) bond motifs is 3. The number of rotatable bonds is 7. The van der Waals surface area contributed by atoms with Crippen molar-refractivity contribution in [2.24, 2.45) is 10.9 Å². The molecule has 11 heteroatoms. The Bertz CT molecular complexity index is 1830. The fourth-order valence-electron chi connectivity index (χ4n) is 4.29. The lowest BCUT2D eigenvalue weighted by molar-refractivity contribution is -0.117. The Hall–Kier alpha value is -4.74. The van der Waals surface area contributed by atoms with E-state index in [-0.39, 0.29) is 17.2 Å². The molecular formula is C27H23N5O5S. The average molecular weight is 530 g/mol. The summed E-state index contributed by atoms with van der Waals surface area (Å²) >= 11 is 0. The van der Waals surface area contributed by atoms with Crippen LogP contribution >= 0.6 is 0 Å². The molecule has 0 saturated heterocycles. The number of amides is 2. The number of aromatic nitrogens is 2. The maximum atomic E-state index is 12.9. The van der Waals surface area contributed by atoms with E-state index in [0.29, 0.717) is 39.3 Å². The van der Waals surface area contributed by atoms with Crippen molar-refractivity contribution in [1.29, 1.82) is 0 Å². The van der Waals surface area contributed by atoms with Crippen LogP contribution in [0.3, 0.4) is 0 Å². The van der Waals surface area contributed by atoms with Gasteiger partial charge >= 0.3 is 0 Å². The Kier molecular flexibility index (Phi) is 6.31. The number of carbonyl (C=O) groups excluding carboxylic acids is 2.